The van der Waals surface area contributed by atoms with Gasteiger partial charge in [-0.15, -0.1) is 0 Å². The smallest absolute Gasteiger partial charge is 0.328 e. The summed E-state index contributed by atoms with van der Waals surface area (Å²) in [7, 11) is 0. The number of rotatable bonds is 2. The van der Waals surface area contributed by atoms with Crippen LogP contribution in [0.4, 0.5) is 4.39 Å². The summed E-state index contributed by atoms with van der Waals surface area (Å²) in [5.74, 6) is -1.61. The first-order chi connectivity index (χ1) is 6.09. The molecule has 5 heteroatoms. The maximum absolute atomic E-state index is 12.5. The minimum absolute atomic E-state index is 0.440. The number of carboxylic acid groups (broad SMARTS) is 1. The molecule has 0 bridgehead atoms. The summed E-state index contributed by atoms with van der Waals surface area (Å²) >= 11 is 1.84. The molecule has 68 valence electrons. The molecule has 0 aliphatic carbocycles. The second-order valence-corrected chi connectivity index (χ2v) is 3.21. The largest absolute Gasteiger partial charge is 0.478 e. The predicted octanol–water partition coefficient (Wildman–Crippen LogP) is 1.92. The van der Waals surface area contributed by atoms with Gasteiger partial charge < -0.3 is 5.11 Å². The lowest BCUT2D eigenvalue weighted by Crippen LogP contribution is -1.91. The van der Waals surface area contributed by atoms with Gasteiger partial charge in [0.25, 0.3) is 0 Å². The van der Waals surface area contributed by atoms with Gasteiger partial charge in [0, 0.05) is 11.6 Å². The minimum atomic E-state index is -1.04. The van der Waals surface area contributed by atoms with Crippen LogP contribution in [-0.4, -0.2) is 16.1 Å². The average molecular weight is 293 g/mol. The Morgan fingerprint density at radius 3 is 2.85 bits per heavy atom. The van der Waals surface area contributed by atoms with Gasteiger partial charge in [-0.2, -0.15) is 4.39 Å². The highest BCUT2D eigenvalue weighted by atomic mass is 127. The summed E-state index contributed by atoms with van der Waals surface area (Å²) in [5.41, 5.74) is 0.587. The van der Waals surface area contributed by atoms with E-state index in [0.29, 0.717) is 9.26 Å². The number of halogens is 2. The molecular weight excluding hydrogens is 288 g/mol. The third-order valence-electron chi connectivity index (χ3n) is 1.25. The standard InChI is InChI=1S/C8H5FINO2/c9-6-3-1-5(8(10)11-6)2-4-7(12)13/h1-4H,(H,12,13)/b4-2+. The van der Waals surface area contributed by atoms with Crippen LogP contribution in [0.5, 0.6) is 0 Å². The molecule has 1 heterocycles. The molecule has 0 aromatic carbocycles. The van der Waals surface area contributed by atoms with E-state index in [4.69, 9.17) is 5.11 Å². The Morgan fingerprint density at radius 2 is 2.31 bits per heavy atom. The minimum Gasteiger partial charge on any atom is -0.478 e. The first kappa shape index (κ1) is 10.1. The van der Waals surface area contributed by atoms with Gasteiger partial charge in [-0.1, -0.05) is 0 Å². The van der Waals surface area contributed by atoms with Crippen LogP contribution in [0.3, 0.4) is 0 Å². The van der Waals surface area contributed by atoms with Crippen LogP contribution in [0.25, 0.3) is 6.08 Å². The zero-order valence-corrected chi connectivity index (χ0v) is 8.53. The molecule has 0 fully saturated rings. The van der Waals surface area contributed by atoms with Crippen LogP contribution in [0.15, 0.2) is 18.2 Å². The number of nitrogens with zero attached hydrogens (tertiary/aromatic N) is 1. The highest BCUT2D eigenvalue weighted by Gasteiger charge is 1.99. The fraction of sp³-hybridized carbons (Fsp3) is 0. The van der Waals surface area contributed by atoms with Crippen molar-refractivity contribution >= 4 is 34.6 Å². The van der Waals surface area contributed by atoms with Gasteiger partial charge in [-0.25, -0.2) is 9.78 Å². The number of aromatic nitrogens is 1. The predicted molar refractivity (Wildman–Crippen MR) is 53.6 cm³/mol. The Balaban J connectivity index is 2.96. The van der Waals surface area contributed by atoms with Crippen molar-refractivity contribution in [2.24, 2.45) is 0 Å². The van der Waals surface area contributed by atoms with Crippen LogP contribution in [0, 0.1) is 9.65 Å². The molecule has 1 rings (SSSR count). The summed E-state index contributed by atoms with van der Waals surface area (Å²) in [5, 5.41) is 8.34. The van der Waals surface area contributed by atoms with Gasteiger partial charge in [0.2, 0.25) is 5.95 Å². The van der Waals surface area contributed by atoms with Crippen molar-refractivity contribution < 1.29 is 14.3 Å². The van der Waals surface area contributed by atoms with Crippen molar-refractivity contribution in [1.29, 1.82) is 0 Å². The Bertz CT molecular complexity index is 365. The molecule has 0 amide bonds. The van der Waals surface area contributed by atoms with Crippen molar-refractivity contribution in [1.82, 2.24) is 4.98 Å². The van der Waals surface area contributed by atoms with Crippen molar-refractivity contribution in [2.45, 2.75) is 0 Å². The number of carboxylic acids is 1. The molecule has 0 saturated carbocycles. The van der Waals surface area contributed by atoms with Crippen LogP contribution < -0.4 is 0 Å². The molecule has 13 heavy (non-hydrogen) atoms. The van der Waals surface area contributed by atoms with Gasteiger partial charge >= 0.3 is 5.97 Å². The van der Waals surface area contributed by atoms with Gasteiger partial charge in [-0.3, -0.25) is 0 Å². The van der Waals surface area contributed by atoms with Crippen LogP contribution >= 0.6 is 22.6 Å². The van der Waals surface area contributed by atoms with E-state index in [2.05, 4.69) is 4.98 Å². The number of aliphatic carboxylic acids is 1. The maximum atomic E-state index is 12.5. The molecule has 0 atom stereocenters. The molecular formula is C8H5FINO2. The lowest BCUT2D eigenvalue weighted by atomic mass is 10.2. The van der Waals surface area contributed by atoms with Gasteiger partial charge in [0.1, 0.15) is 3.70 Å². The number of carbonyl (C=O) groups is 1. The fourth-order valence-electron chi connectivity index (χ4n) is 0.708. The SMILES string of the molecule is O=C(O)/C=C/c1ccc(F)nc1I. The summed E-state index contributed by atoms with van der Waals surface area (Å²) < 4.78 is 12.9. The van der Waals surface area contributed by atoms with E-state index in [1.165, 1.54) is 18.2 Å². The normalized spacial score (nSPS) is 10.6. The molecule has 1 N–H and O–H groups in total. The Kier molecular flexibility index (Phi) is 3.35. The summed E-state index contributed by atoms with van der Waals surface area (Å²) in [6, 6.07) is 2.66. The number of pyridine rings is 1. The van der Waals surface area contributed by atoms with Gasteiger partial charge in [0.15, 0.2) is 0 Å². The topological polar surface area (TPSA) is 50.2 Å². The molecule has 0 saturated heterocycles. The molecule has 0 unspecified atom stereocenters. The number of hydrogen-bond donors (Lipinski definition) is 1. The van der Waals surface area contributed by atoms with Crippen molar-refractivity contribution in [3.8, 4) is 0 Å². The first-order valence-electron chi connectivity index (χ1n) is 3.32. The summed E-state index contributed by atoms with van der Waals surface area (Å²) in [4.78, 5) is 13.7. The van der Waals surface area contributed by atoms with Crippen molar-refractivity contribution in [2.75, 3.05) is 0 Å². The summed E-state index contributed by atoms with van der Waals surface area (Å²) in [6.07, 6.45) is 2.35. The zero-order chi connectivity index (χ0) is 9.84. The van der Waals surface area contributed by atoms with Gasteiger partial charge in [0.05, 0.1) is 0 Å². The maximum Gasteiger partial charge on any atom is 0.328 e. The second kappa shape index (κ2) is 4.31. The summed E-state index contributed by atoms with van der Waals surface area (Å²) in [6.45, 7) is 0. The monoisotopic (exact) mass is 293 g/mol. The molecule has 0 spiro atoms. The van der Waals surface area contributed by atoms with Crippen molar-refractivity contribution in [3.63, 3.8) is 0 Å². The van der Waals surface area contributed by atoms with Crippen LogP contribution in [-0.2, 0) is 4.79 Å². The van der Waals surface area contributed by atoms with E-state index < -0.39 is 11.9 Å². The molecule has 3 nitrogen and oxygen atoms in total. The Hall–Kier alpha value is -0.980. The lowest BCUT2D eigenvalue weighted by Gasteiger charge is -1.95. The Morgan fingerprint density at radius 1 is 1.62 bits per heavy atom. The molecule has 1 aromatic rings. The molecule has 0 radical (unpaired) electrons. The van der Waals surface area contributed by atoms with Crippen molar-refractivity contribution in [3.05, 3.63) is 33.4 Å². The van der Waals surface area contributed by atoms with Crippen LogP contribution in [0.2, 0.25) is 0 Å². The lowest BCUT2D eigenvalue weighted by molar-refractivity contribution is -0.131. The molecule has 0 aliphatic heterocycles. The number of hydrogen-bond acceptors (Lipinski definition) is 2. The Labute approximate surface area is 87.4 Å². The van der Waals surface area contributed by atoms with E-state index in [0.717, 1.165) is 6.08 Å². The average Bonchev–Trinajstić information content (AvgIpc) is 2.02. The third-order valence-corrected chi connectivity index (χ3v) is 2.11. The van der Waals surface area contributed by atoms with Gasteiger partial charge in [-0.05, 0) is 40.8 Å². The molecule has 1 aromatic heterocycles. The highest BCUT2D eigenvalue weighted by Crippen LogP contribution is 2.11. The fourth-order valence-corrected chi connectivity index (χ4v) is 1.30. The van der Waals surface area contributed by atoms with E-state index in [1.54, 1.807) is 0 Å². The highest BCUT2D eigenvalue weighted by molar-refractivity contribution is 14.1. The van der Waals surface area contributed by atoms with E-state index >= 15 is 0 Å². The quantitative estimate of drug-likeness (QED) is 0.515. The van der Waals surface area contributed by atoms with E-state index in [1.807, 2.05) is 22.6 Å². The van der Waals surface area contributed by atoms with E-state index in [9.17, 15) is 9.18 Å². The van der Waals surface area contributed by atoms with Crippen LogP contribution in [0.1, 0.15) is 5.56 Å². The third kappa shape index (κ3) is 3.10. The van der Waals surface area contributed by atoms with E-state index in [-0.39, 0.29) is 0 Å². The first-order valence-corrected chi connectivity index (χ1v) is 4.40. The molecule has 0 aliphatic rings. The second-order valence-electron chi connectivity index (χ2n) is 2.19. The zero-order valence-electron chi connectivity index (χ0n) is 6.37.